The summed E-state index contributed by atoms with van der Waals surface area (Å²) in [4.78, 5) is 22.8. The van der Waals surface area contributed by atoms with Gasteiger partial charge < -0.3 is 5.11 Å². The van der Waals surface area contributed by atoms with Crippen LogP contribution < -0.4 is 5.56 Å². The number of aromatic nitrogens is 1. The minimum atomic E-state index is -4.79. The molecule has 0 amide bonds. The lowest BCUT2D eigenvalue weighted by Crippen LogP contribution is -2.22. The lowest BCUT2D eigenvalue weighted by atomic mass is 10.1. The van der Waals surface area contributed by atoms with E-state index in [1.165, 1.54) is 6.92 Å². The quantitative estimate of drug-likeness (QED) is 0.402. The van der Waals surface area contributed by atoms with Crippen molar-refractivity contribution in [3.8, 4) is 11.9 Å². The average Bonchev–Trinajstić information content (AvgIpc) is 2.67. The zero-order chi connectivity index (χ0) is 22.6. The van der Waals surface area contributed by atoms with Gasteiger partial charge in [-0.2, -0.15) is 18.4 Å². The molecule has 0 fully saturated rings. The van der Waals surface area contributed by atoms with E-state index in [4.69, 9.17) is 0 Å². The van der Waals surface area contributed by atoms with Crippen molar-refractivity contribution in [1.82, 2.24) is 4.57 Å². The average molecular weight is 423 g/mol. The maximum atomic E-state index is 12.8. The van der Waals surface area contributed by atoms with Crippen molar-refractivity contribution in [3.63, 3.8) is 0 Å². The molecule has 1 aromatic heterocycles. The number of hydrogen-bond donors (Lipinski definition) is 1. The van der Waals surface area contributed by atoms with Crippen LogP contribution in [0.1, 0.15) is 36.5 Å². The van der Waals surface area contributed by atoms with Crippen LogP contribution in [0.25, 0.3) is 0 Å². The number of pyridine rings is 1. The molecule has 30 heavy (non-hydrogen) atoms. The van der Waals surface area contributed by atoms with E-state index in [1.807, 2.05) is 6.92 Å². The van der Waals surface area contributed by atoms with Gasteiger partial charge in [-0.25, -0.2) is 0 Å². The van der Waals surface area contributed by atoms with Crippen molar-refractivity contribution < 1.29 is 23.2 Å². The first-order valence-corrected chi connectivity index (χ1v) is 8.66. The fourth-order valence-electron chi connectivity index (χ4n) is 2.62. The zero-order valence-electron chi connectivity index (χ0n) is 15.9. The summed E-state index contributed by atoms with van der Waals surface area (Å²) >= 11 is 0. The molecule has 1 heterocycles. The highest BCUT2D eigenvalue weighted by Gasteiger charge is 2.33. The van der Waals surface area contributed by atoms with Crippen LogP contribution in [0.2, 0.25) is 0 Å². The number of unbranched alkanes of at least 4 members (excludes halogenated alkanes) is 1. The first-order chi connectivity index (χ1) is 14.0. The van der Waals surface area contributed by atoms with Gasteiger partial charge in [-0.1, -0.05) is 13.3 Å². The van der Waals surface area contributed by atoms with Crippen molar-refractivity contribution in [2.75, 3.05) is 0 Å². The summed E-state index contributed by atoms with van der Waals surface area (Å²) < 4.78 is 39.4. The number of hydrogen-bond acceptors (Lipinski definition) is 7. The van der Waals surface area contributed by atoms with Crippen molar-refractivity contribution in [2.24, 2.45) is 10.2 Å². The Morgan fingerprint density at radius 1 is 1.33 bits per heavy atom. The number of nitro benzene ring substituents is 1. The summed E-state index contributed by atoms with van der Waals surface area (Å²) in [5, 5.41) is 37.9. The third-order valence-electron chi connectivity index (χ3n) is 4.26. The molecular formula is C18H16F3N5O4. The molecule has 9 nitrogen and oxygen atoms in total. The summed E-state index contributed by atoms with van der Waals surface area (Å²) in [7, 11) is 0. The van der Waals surface area contributed by atoms with Crippen molar-refractivity contribution in [3.05, 3.63) is 55.4 Å². The van der Waals surface area contributed by atoms with E-state index in [0.29, 0.717) is 25.0 Å². The number of nitriles is 1. The Kier molecular flexibility index (Phi) is 6.56. The molecule has 2 rings (SSSR count). The molecule has 0 aliphatic rings. The Morgan fingerprint density at radius 3 is 2.53 bits per heavy atom. The third kappa shape index (κ3) is 4.45. The number of nitrogens with zero attached hydrogens (tertiary/aromatic N) is 5. The Balaban J connectivity index is 2.64. The maximum Gasteiger partial charge on any atom is 0.416 e. The second-order valence-corrected chi connectivity index (χ2v) is 6.25. The molecule has 2 aromatic rings. The Bertz CT molecular complexity index is 1120. The van der Waals surface area contributed by atoms with Crippen LogP contribution in [-0.4, -0.2) is 14.6 Å². The summed E-state index contributed by atoms with van der Waals surface area (Å²) in [6.45, 7) is 3.28. The Labute approximate surface area is 167 Å². The molecular weight excluding hydrogens is 407 g/mol. The molecule has 0 unspecified atom stereocenters. The van der Waals surface area contributed by atoms with Gasteiger partial charge in [0.15, 0.2) is 11.4 Å². The van der Waals surface area contributed by atoms with Crippen LogP contribution in [0.4, 0.5) is 30.2 Å². The van der Waals surface area contributed by atoms with E-state index in [1.54, 1.807) is 6.07 Å². The topological polar surface area (TPSA) is 134 Å². The fourth-order valence-corrected chi connectivity index (χ4v) is 2.62. The number of halogens is 3. The largest absolute Gasteiger partial charge is 0.493 e. The normalized spacial score (nSPS) is 11.6. The van der Waals surface area contributed by atoms with Crippen LogP contribution >= 0.6 is 0 Å². The van der Waals surface area contributed by atoms with Gasteiger partial charge in [0.2, 0.25) is 5.88 Å². The number of benzene rings is 1. The summed E-state index contributed by atoms with van der Waals surface area (Å²) in [5.41, 5.74) is -4.05. The van der Waals surface area contributed by atoms with Gasteiger partial charge in [-0.15, -0.1) is 10.2 Å². The number of nitro groups is 1. The molecule has 0 aliphatic carbocycles. The molecule has 1 N–H and O–H groups in total. The van der Waals surface area contributed by atoms with Crippen LogP contribution in [0.15, 0.2) is 33.2 Å². The predicted octanol–water partition coefficient (Wildman–Crippen LogP) is 4.88. The fraction of sp³-hybridized carbons (Fsp3) is 0.333. The summed E-state index contributed by atoms with van der Waals surface area (Å²) in [5.74, 6) is -0.534. The van der Waals surface area contributed by atoms with Gasteiger partial charge in [-0.05, 0) is 25.5 Å². The molecule has 0 spiro atoms. The van der Waals surface area contributed by atoms with Gasteiger partial charge in [0.1, 0.15) is 11.6 Å². The minimum Gasteiger partial charge on any atom is -0.493 e. The third-order valence-corrected chi connectivity index (χ3v) is 4.26. The zero-order valence-corrected chi connectivity index (χ0v) is 15.9. The van der Waals surface area contributed by atoms with Crippen LogP contribution in [0.3, 0.4) is 0 Å². The molecule has 0 radical (unpaired) electrons. The van der Waals surface area contributed by atoms with Gasteiger partial charge >= 0.3 is 6.18 Å². The highest BCUT2D eigenvalue weighted by Crippen LogP contribution is 2.37. The summed E-state index contributed by atoms with van der Waals surface area (Å²) in [6, 6.07) is 3.44. The smallest absolute Gasteiger partial charge is 0.416 e. The Hall–Kier alpha value is -3.75. The predicted molar refractivity (Wildman–Crippen MR) is 99.0 cm³/mol. The molecule has 0 bridgehead atoms. The van der Waals surface area contributed by atoms with Crippen molar-refractivity contribution >= 4 is 17.1 Å². The van der Waals surface area contributed by atoms with Gasteiger partial charge in [-0.3, -0.25) is 19.5 Å². The Morgan fingerprint density at radius 2 is 2.00 bits per heavy atom. The molecule has 0 saturated carbocycles. The maximum absolute atomic E-state index is 12.8. The van der Waals surface area contributed by atoms with Crippen LogP contribution in [0.5, 0.6) is 5.88 Å². The van der Waals surface area contributed by atoms with Gasteiger partial charge in [0.05, 0.1) is 10.5 Å². The van der Waals surface area contributed by atoms with Crippen LogP contribution in [0, 0.1) is 28.4 Å². The first kappa shape index (κ1) is 22.5. The van der Waals surface area contributed by atoms with Gasteiger partial charge in [0, 0.05) is 18.2 Å². The lowest BCUT2D eigenvalue weighted by molar-refractivity contribution is -0.384. The molecule has 0 saturated heterocycles. The SMILES string of the molecule is CCCCn1c(O)c(C#N)c(C)c(N=Nc2ccc(C(F)(F)F)cc2[N+](=O)[O-])c1=O. The lowest BCUT2D eigenvalue weighted by Gasteiger charge is -2.12. The highest BCUT2D eigenvalue weighted by atomic mass is 19.4. The number of azo groups is 1. The number of rotatable bonds is 6. The minimum absolute atomic E-state index is 0.00827. The molecule has 0 aliphatic heterocycles. The van der Waals surface area contributed by atoms with Crippen molar-refractivity contribution in [2.45, 2.75) is 39.4 Å². The van der Waals surface area contributed by atoms with E-state index < -0.39 is 39.5 Å². The van der Waals surface area contributed by atoms with E-state index >= 15 is 0 Å². The molecule has 12 heteroatoms. The molecule has 1 aromatic carbocycles. The van der Waals surface area contributed by atoms with E-state index in [2.05, 4.69) is 10.2 Å². The van der Waals surface area contributed by atoms with Gasteiger partial charge in [0.25, 0.3) is 11.2 Å². The summed E-state index contributed by atoms with van der Waals surface area (Å²) in [6.07, 6.45) is -3.58. The number of aromatic hydroxyl groups is 1. The van der Waals surface area contributed by atoms with E-state index in [9.17, 15) is 38.4 Å². The molecule has 0 atom stereocenters. The highest BCUT2D eigenvalue weighted by molar-refractivity contribution is 5.60. The second-order valence-electron chi connectivity index (χ2n) is 6.25. The van der Waals surface area contributed by atoms with E-state index in [0.717, 1.165) is 10.6 Å². The van der Waals surface area contributed by atoms with Crippen LogP contribution in [-0.2, 0) is 12.7 Å². The van der Waals surface area contributed by atoms with Crippen molar-refractivity contribution in [1.29, 1.82) is 5.26 Å². The second kappa shape index (κ2) is 8.73. The monoisotopic (exact) mass is 423 g/mol. The van der Waals surface area contributed by atoms with E-state index in [-0.39, 0.29) is 23.4 Å². The molecule has 158 valence electrons. The first-order valence-electron chi connectivity index (χ1n) is 8.66. The standard InChI is InChI=1S/C18H16F3N5O4/c1-3-4-7-25-16(27)12(9-22)10(2)15(17(25)28)24-23-13-6-5-11(18(19,20)21)8-14(13)26(29)30/h5-6,8,27H,3-4,7H2,1-2H3. The number of alkyl halides is 3.